The van der Waals surface area contributed by atoms with E-state index in [2.05, 4.69) is 10.6 Å². The van der Waals surface area contributed by atoms with Crippen molar-refractivity contribution in [2.24, 2.45) is 0 Å². The number of hydrogen-bond donors (Lipinski definition) is 3. The molecule has 1 saturated heterocycles. The van der Waals surface area contributed by atoms with E-state index in [9.17, 15) is 9.59 Å². The molecule has 6 nitrogen and oxygen atoms in total. The van der Waals surface area contributed by atoms with E-state index in [4.69, 9.17) is 5.11 Å². The van der Waals surface area contributed by atoms with Crippen LogP contribution in [0.4, 0.5) is 4.79 Å². The van der Waals surface area contributed by atoms with Crippen molar-refractivity contribution >= 4 is 11.9 Å². The van der Waals surface area contributed by atoms with E-state index < -0.39 is 0 Å². The van der Waals surface area contributed by atoms with Gasteiger partial charge >= 0.3 is 6.03 Å². The molecule has 0 spiro atoms. The normalized spacial score (nSPS) is 19.4. The Kier molecular flexibility index (Phi) is 5.16. The minimum atomic E-state index is -0.351. The molecule has 2 rings (SSSR count). The molecule has 1 heterocycles. The van der Waals surface area contributed by atoms with Crippen LogP contribution < -0.4 is 10.6 Å². The van der Waals surface area contributed by atoms with Crippen LogP contribution in [0.3, 0.4) is 0 Å². The fourth-order valence-corrected chi connectivity index (χ4v) is 2.52. The van der Waals surface area contributed by atoms with Crippen LogP contribution in [0.5, 0.6) is 0 Å². The van der Waals surface area contributed by atoms with Crippen LogP contribution in [-0.4, -0.2) is 47.7 Å². The summed E-state index contributed by atoms with van der Waals surface area (Å²) in [6, 6.07) is 9.27. The first-order chi connectivity index (χ1) is 10.1. The zero-order valence-electron chi connectivity index (χ0n) is 12.1. The molecule has 1 aromatic carbocycles. The average Bonchev–Trinajstić information content (AvgIpc) is 2.85. The second kappa shape index (κ2) is 7.08. The summed E-state index contributed by atoms with van der Waals surface area (Å²) in [5, 5.41) is 13.9. The van der Waals surface area contributed by atoms with Gasteiger partial charge in [-0.15, -0.1) is 0 Å². The number of carbonyl (C=O) groups excluding carboxylic acids is 2. The maximum Gasteiger partial charge on any atom is 0.315 e. The lowest BCUT2D eigenvalue weighted by Gasteiger charge is -2.25. The molecular weight excluding hydrogens is 270 g/mol. The topological polar surface area (TPSA) is 81.7 Å². The van der Waals surface area contributed by atoms with Gasteiger partial charge in [0.05, 0.1) is 18.7 Å². The van der Waals surface area contributed by atoms with E-state index in [0.29, 0.717) is 13.0 Å². The van der Waals surface area contributed by atoms with Gasteiger partial charge in [-0.05, 0) is 12.5 Å². The third-order valence-corrected chi connectivity index (χ3v) is 3.64. The highest BCUT2D eigenvalue weighted by atomic mass is 16.3. The zero-order chi connectivity index (χ0) is 15.2. The number of hydrogen-bond acceptors (Lipinski definition) is 3. The number of carbonyl (C=O) groups is 2. The van der Waals surface area contributed by atoms with Crippen molar-refractivity contribution in [3.63, 3.8) is 0 Å². The predicted octanol–water partition coefficient (Wildman–Crippen LogP) is 0.640. The van der Waals surface area contributed by atoms with Crippen molar-refractivity contribution in [3.05, 3.63) is 35.9 Å². The first-order valence-corrected chi connectivity index (χ1v) is 7.11. The molecule has 0 saturated carbocycles. The second-order valence-electron chi connectivity index (χ2n) is 5.16. The van der Waals surface area contributed by atoms with Crippen molar-refractivity contribution in [1.82, 2.24) is 15.5 Å². The first-order valence-electron chi connectivity index (χ1n) is 7.11. The van der Waals surface area contributed by atoms with Gasteiger partial charge in [0, 0.05) is 19.5 Å². The predicted molar refractivity (Wildman–Crippen MR) is 78.6 cm³/mol. The van der Waals surface area contributed by atoms with Crippen LogP contribution in [0.2, 0.25) is 0 Å². The fourth-order valence-electron chi connectivity index (χ4n) is 2.52. The van der Waals surface area contributed by atoms with Gasteiger partial charge in [-0.3, -0.25) is 4.79 Å². The summed E-state index contributed by atoms with van der Waals surface area (Å²) in [6.07, 6.45) is 0.309. The highest BCUT2D eigenvalue weighted by Gasteiger charge is 2.33. The monoisotopic (exact) mass is 291 g/mol. The number of amides is 3. The summed E-state index contributed by atoms with van der Waals surface area (Å²) >= 11 is 0. The van der Waals surface area contributed by atoms with E-state index in [-0.39, 0.29) is 37.2 Å². The van der Waals surface area contributed by atoms with Gasteiger partial charge in [0.15, 0.2) is 0 Å². The Balaban J connectivity index is 1.92. The fraction of sp³-hybridized carbons (Fsp3) is 0.467. The van der Waals surface area contributed by atoms with Gasteiger partial charge in [-0.25, -0.2) is 4.79 Å². The molecule has 3 N–H and O–H groups in total. The molecule has 0 bridgehead atoms. The quantitative estimate of drug-likeness (QED) is 0.744. The molecule has 2 unspecified atom stereocenters. The van der Waals surface area contributed by atoms with E-state index in [1.807, 2.05) is 37.3 Å². The molecule has 2 atom stereocenters. The number of aliphatic hydroxyl groups excluding tert-OH is 1. The van der Waals surface area contributed by atoms with Gasteiger partial charge < -0.3 is 20.6 Å². The molecule has 21 heavy (non-hydrogen) atoms. The maximum absolute atomic E-state index is 12.1. The number of nitrogens with one attached hydrogen (secondary N) is 2. The molecule has 6 heteroatoms. The number of nitrogens with zero attached hydrogens (tertiary/aromatic N) is 1. The molecule has 3 amide bonds. The van der Waals surface area contributed by atoms with Crippen molar-refractivity contribution in [1.29, 1.82) is 0 Å². The first kappa shape index (κ1) is 15.3. The van der Waals surface area contributed by atoms with Gasteiger partial charge in [0.25, 0.3) is 0 Å². The van der Waals surface area contributed by atoms with Gasteiger partial charge in [-0.2, -0.15) is 0 Å². The maximum atomic E-state index is 12.1. The number of urea groups is 1. The molecule has 1 aliphatic heterocycles. The van der Waals surface area contributed by atoms with E-state index in [1.54, 1.807) is 4.90 Å². The Morgan fingerprint density at radius 2 is 2.14 bits per heavy atom. The standard InChI is InChI=1S/C15H21N3O3/c1-11(12-5-3-2-4-6-12)18-10-13(9-14(18)20)17-15(21)16-7-8-19/h2-6,11,13,19H,7-10H2,1H3,(H2,16,17,21). The summed E-state index contributed by atoms with van der Waals surface area (Å²) in [6.45, 7) is 2.59. The number of aliphatic hydroxyl groups is 1. The largest absolute Gasteiger partial charge is 0.395 e. The highest BCUT2D eigenvalue weighted by molar-refractivity contribution is 5.82. The molecule has 114 valence electrons. The molecule has 0 aliphatic carbocycles. The van der Waals surface area contributed by atoms with Gasteiger partial charge in [-0.1, -0.05) is 30.3 Å². The smallest absolute Gasteiger partial charge is 0.315 e. The molecule has 1 fully saturated rings. The van der Waals surface area contributed by atoms with Crippen LogP contribution in [-0.2, 0) is 4.79 Å². The second-order valence-corrected chi connectivity index (χ2v) is 5.16. The Bertz CT molecular complexity index is 492. The third kappa shape index (κ3) is 3.95. The molecule has 0 aromatic heterocycles. The lowest BCUT2D eigenvalue weighted by Crippen LogP contribution is -2.44. The lowest BCUT2D eigenvalue weighted by atomic mass is 10.1. The minimum Gasteiger partial charge on any atom is -0.395 e. The summed E-state index contributed by atoms with van der Waals surface area (Å²) in [7, 11) is 0. The molecule has 1 aliphatic rings. The Morgan fingerprint density at radius 3 is 2.81 bits per heavy atom. The molecule has 1 aromatic rings. The third-order valence-electron chi connectivity index (χ3n) is 3.64. The van der Waals surface area contributed by atoms with Crippen molar-refractivity contribution < 1.29 is 14.7 Å². The van der Waals surface area contributed by atoms with Crippen molar-refractivity contribution in [3.8, 4) is 0 Å². The van der Waals surface area contributed by atoms with Gasteiger partial charge in [0.1, 0.15) is 0 Å². The lowest BCUT2D eigenvalue weighted by molar-refractivity contribution is -0.129. The number of benzene rings is 1. The zero-order valence-corrected chi connectivity index (χ0v) is 12.1. The van der Waals surface area contributed by atoms with Crippen LogP contribution in [0.15, 0.2) is 30.3 Å². The highest BCUT2D eigenvalue weighted by Crippen LogP contribution is 2.25. The van der Waals surface area contributed by atoms with Crippen LogP contribution in [0.25, 0.3) is 0 Å². The van der Waals surface area contributed by atoms with Crippen LogP contribution in [0, 0.1) is 0 Å². The minimum absolute atomic E-state index is 0.00833. The summed E-state index contributed by atoms with van der Waals surface area (Å²) < 4.78 is 0. The van der Waals surface area contributed by atoms with Crippen LogP contribution >= 0.6 is 0 Å². The number of rotatable bonds is 5. The van der Waals surface area contributed by atoms with E-state index >= 15 is 0 Å². The molecule has 0 radical (unpaired) electrons. The Morgan fingerprint density at radius 1 is 1.43 bits per heavy atom. The van der Waals surface area contributed by atoms with Crippen LogP contribution in [0.1, 0.15) is 24.9 Å². The summed E-state index contributed by atoms with van der Waals surface area (Å²) in [5.41, 5.74) is 1.08. The number of likely N-dealkylation sites (tertiary alicyclic amines) is 1. The van der Waals surface area contributed by atoms with E-state index in [1.165, 1.54) is 0 Å². The van der Waals surface area contributed by atoms with Crippen molar-refractivity contribution in [2.75, 3.05) is 19.7 Å². The Hall–Kier alpha value is -2.08. The van der Waals surface area contributed by atoms with E-state index in [0.717, 1.165) is 5.56 Å². The van der Waals surface area contributed by atoms with Crippen molar-refractivity contribution in [2.45, 2.75) is 25.4 Å². The SMILES string of the molecule is CC(c1ccccc1)N1CC(NC(=O)NCCO)CC1=O. The summed E-state index contributed by atoms with van der Waals surface area (Å²) in [5.74, 6) is 0.0406. The summed E-state index contributed by atoms with van der Waals surface area (Å²) in [4.78, 5) is 25.4. The molecular formula is C15H21N3O3. The Labute approximate surface area is 124 Å². The van der Waals surface area contributed by atoms with Gasteiger partial charge in [0.2, 0.25) is 5.91 Å². The average molecular weight is 291 g/mol.